The van der Waals surface area contributed by atoms with Crippen LogP contribution in [0, 0.1) is 0 Å². The Labute approximate surface area is 148 Å². The number of nitrogens with zero attached hydrogens (tertiary/aromatic N) is 2. The van der Waals surface area contributed by atoms with E-state index >= 15 is 0 Å². The number of carbonyl (C=O) groups is 1. The maximum atomic E-state index is 12.2. The lowest BCUT2D eigenvalue weighted by molar-refractivity contribution is -0.120. The largest absolute Gasteiger partial charge is 0.356 e. The van der Waals surface area contributed by atoms with Crippen molar-refractivity contribution in [1.82, 2.24) is 14.8 Å². The molecule has 3 rings (SSSR count). The summed E-state index contributed by atoms with van der Waals surface area (Å²) in [4.78, 5) is 14.7. The second-order valence-corrected chi connectivity index (χ2v) is 6.71. The lowest BCUT2D eigenvalue weighted by Gasteiger charge is -2.14. The zero-order valence-corrected chi connectivity index (χ0v) is 14.6. The van der Waals surface area contributed by atoms with E-state index < -0.39 is 0 Å². The highest BCUT2D eigenvalue weighted by atomic mass is 35.5. The maximum absolute atomic E-state index is 12.2. The molecule has 24 heavy (non-hydrogen) atoms. The van der Waals surface area contributed by atoms with E-state index in [0.717, 1.165) is 30.9 Å². The lowest BCUT2D eigenvalue weighted by atomic mass is 10.2. The molecule has 0 saturated carbocycles. The zero-order valence-electron chi connectivity index (χ0n) is 13.9. The average Bonchev–Trinajstić information content (AvgIpc) is 3.24. The highest BCUT2D eigenvalue weighted by Gasteiger charge is 2.11. The number of rotatable bonds is 7. The van der Waals surface area contributed by atoms with Crippen molar-refractivity contribution < 1.29 is 4.79 Å². The first-order chi connectivity index (χ1) is 11.7. The van der Waals surface area contributed by atoms with Crippen molar-refractivity contribution in [2.75, 3.05) is 26.2 Å². The van der Waals surface area contributed by atoms with Gasteiger partial charge >= 0.3 is 0 Å². The number of carbonyl (C=O) groups excluding carboxylic acids is 1. The molecule has 1 aliphatic rings. The number of hydrogen-bond acceptors (Lipinski definition) is 2. The summed E-state index contributed by atoms with van der Waals surface area (Å²) in [6, 6.07) is 11.6. The molecule has 0 atom stereocenters. The minimum atomic E-state index is 0.0744. The quantitative estimate of drug-likeness (QED) is 0.782. The SMILES string of the molecule is O=C(Cc1cccn1-c1ccc(Cl)cc1)NCCCN1CCCC1. The second-order valence-electron chi connectivity index (χ2n) is 6.27. The minimum absolute atomic E-state index is 0.0744. The van der Waals surface area contributed by atoms with Crippen LogP contribution >= 0.6 is 11.6 Å². The topological polar surface area (TPSA) is 37.3 Å². The van der Waals surface area contributed by atoms with Crippen LogP contribution < -0.4 is 5.32 Å². The van der Waals surface area contributed by atoms with Gasteiger partial charge in [0.1, 0.15) is 0 Å². The number of halogens is 1. The van der Waals surface area contributed by atoms with Gasteiger partial charge in [0, 0.05) is 29.1 Å². The molecule has 128 valence electrons. The van der Waals surface area contributed by atoms with Gasteiger partial charge in [0.15, 0.2) is 0 Å². The van der Waals surface area contributed by atoms with Gasteiger partial charge in [-0.25, -0.2) is 0 Å². The molecular formula is C19H24ClN3O. The van der Waals surface area contributed by atoms with Crippen molar-refractivity contribution in [3.8, 4) is 5.69 Å². The Morgan fingerprint density at radius 1 is 1.12 bits per heavy atom. The third-order valence-corrected chi connectivity index (χ3v) is 4.70. The zero-order chi connectivity index (χ0) is 16.8. The number of nitrogens with one attached hydrogen (secondary N) is 1. The van der Waals surface area contributed by atoms with E-state index in [1.165, 1.54) is 25.9 Å². The Kier molecular flexibility index (Phi) is 5.94. The number of likely N-dealkylation sites (tertiary alicyclic amines) is 1. The maximum Gasteiger partial charge on any atom is 0.225 e. The number of hydrogen-bond donors (Lipinski definition) is 1. The third-order valence-electron chi connectivity index (χ3n) is 4.45. The standard InChI is InChI=1S/C19H24ClN3O/c20-16-6-8-17(9-7-16)23-14-3-5-18(23)15-19(24)21-10-4-13-22-11-1-2-12-22/h3,5-9,14H,1-2,4,10-13,15H2,(H,21,24). The minimum Gasteiger partial charge on any atom is -0.356 e. The van der Waals surface area contributed by atoms with Crippen molar-refractivity contribution in [2.45, 2.75) is 25.7 Å². The van der Waals surface area contributed by atoms with Crippen LogP contribution in [0.5, 0.6) is 0 Å². The fraction of sp³-hybridized carbons (Fsp3) is 0.421. The summed E-state index contributed by atoms with van der Waals surface area (Å²) in [5.41, 5.74) is 2.00. The molecule has 2 aromatic rings. The summed E-state index contributed by atoms with van der Waals surface area (Å²) in [5, 5.41) is 3.74. The molecule has 0 spiro atoms. The van der Waals surface area contributed by atoms with Gasteiger partial charge in [-0.1, -0.05) is 11.6 Å². The molecule has 0 bridgehead atoms. The smallest absolute Gasteiger partial charge is 0.225 e. The molecule has 2 heterocycles. The molecule has 5 heteroatoms. The summed E-state index contributed by atoms with van der Waals surface area (Å²) < 4.78 is 2.03. The van der Waals surface area contributed by atoms with Crippen LogP contribution in [-0.4, -0.2) is 41.6 Å². The van der Waals surface area contributed by atoms with Gasteiger partial charge in [-0.15, -0.1) is 0 Å². The van der Waals surface area contributed by atoms with Crippen molar-refractivity contribution in [1.29, 1.82) is 0 Å². The van der Waals surface area contributed by atoms with Crippen molar-refractivity contribution in [3.63, 3.8) is 0 Å². The van der Waals surface area contributed by atoms with Gasteiger partial charge in [-0.05, 0) is 75.3 Å². The Bertz CT molecular complexity index is 660. The summed E-state index contributed by atoms with van der Waals surface area (Å²) in [5.74, 6) is 0.0744. The fourth-order valence-electron chi connectivity index (χ4n) is 3.18. The van der Waals surface area contributed by atoms with E-state index in [-0.39, 0.29) is 5.91 Å². The van der Waals surface area contributed by atoms with Crippen molar-refractivity contribution >= 4 is 17.5 Å². The van der Waals surface area contributed by atoms with Crippen LogP contribution in [0.25, 0.3) is 5.69 Å². The predicted molar refractivity (Wildman–Crippen MR) is 97.8 cm³/mol. The van der Waals surface area contributed by atoms with Gasteiger partial charge in [-0.2, -0.15) is 0 Å². The van der Waals surface area contributed by atoms with Crippen LogP contribution in [0.2, 0.25) is 5.02 Å². The van der Waals surface area contributed by atoms with Gasteiger partial charge in [0.25, 0.3) is 0 Å². The van der Waals surface area contributed by atoms with E-state index in [0.29, 0.717) is 11.4 Å². The van der Waals surface area contributed by atoms with Gasteiger partial charge in [-0.3, -0.25) is 4.79 Å². The molecule has 1 N–H and O–H groups in total. The van der Waals surface area contributed by atoms with E-state index in [2.05, 4.69) is 10.2 Å². The van der Waals surface area contributed by atoms with Gasteiger partial charge in [0.05, 0.1) is 6.42 Å². The van der Waals surface area contributed by atoms with E-state index in [1.807, 2.05) is 47.2 Å². The molecule has 1 aromatic heterocycles. The lowest BCUT2D eigenvalue weighted by Crippen LogP contribution is -2.30. The molecule has 1 amide bonds. The number of aromatic nitrogens is 1. The van der Waals surface area contributed by atoms with Crippen molar-refractivity contribution in [3.05, 3.63) is 53.3 Å². The second kappa shape index (κ2) is 8.36. The van der Waals surface area contributed by atoms with Crippen LogP contribution in [0.3, 0.4) is 0 Å². The summed E-state index contributed by atoms with van der Waals surface area (Å²) >= 11 is 5.94. The summed E-state index contributed by atoms with van der Waals surface area (Å²) in [6.45, 7) is 4.25. The summed E-state index contributed by atoms with van der Waals surface area (Å²) in [7, 11) is 0. The molecule has 0 radical (unpaired) electrons. The molecular weight excluding hydrogens is 322 g/mol. The number of amides is 1. The summed E-state index contributed by atoms with van der Waals surface area (Å²) in [6.07, 6.45) is 6.00. The molecule has 1 aliphatic heterocycles. The third kappa shape index (κ3) is 4.62. The van der Waals surface area contributed by atoms with E-state index in [9.17, 15) is 4.79 Å². The van der Waals surface area contributed by atoms with Crippen LogP contribution in [0.15, 0.2) is 42.6 Å². The molecule has 1 saturated heterocycles. The van der Waals surface area contributed by atoms with Gasteiger partial charge < -0.3 is 14.8 Å². The molecule has 0 aliphatic carbocycles. The molecule has 1 aromatic carbocycles. The number of benzene rings is 1. The average molecular weight is 346 g/mol. The molecule has 0 unspecified atom stereocenters. The van der Waals surface area contributed by atoms with Gasteiger partial charge in [0.2, 0.25) is 5.91 Å². The monoisotopic (exact) mass is 345 g/mol. The first-order valence-electron chi connectivity index (χ1n) is 8.63. The Hall–Kier alpha value is -1.78. The van der Waals surface area contributed by atoms with Crippen LogP contribution in [0.1, 0.15) is 25.0 Å². The normalized spacial score (nSPS) is 14.9. The van der Waals surface area contributed by atoms with Crippen LogP contribution in [0.4, 0.5) is 0 Å². The highest BCUT2D eigenvalue weighted by Crippen LogP contribution is 2.16. The fourth-order valence-corrected chi connectivity index (χ4v) is 3.30. The van der Waals surface area contributed by atoms with E-state index in [4.69, 9.17) is 11.6 Å². The first kappa shape index (κ1) is 17.1. The van der Waals surface area contributed by atoms with Crippen LogP contribution in [-0.2, 0) is 11.2 Å². The predicted octanol–water partition coefficient (Wildman–Crippen LogP) is 3.28. The Morgan fingerprint density at radius 3 is 2.62 bits per heavy atom. The van der Waals surface area contributed by atoms with E-state index in [1.54, 1.807) is 0 Å². The Balaban J connectivity index is 1.48. The van der Waals surface area contributed by atoms with Crippen molar-refractivity contribution in [2.24, 2.45) is 0 Å². The highest BCUT2D eigenvalue weighted by molar-refractivity contribution is 6.30. The Morgan fingerprint density at radius 2 is 1.88 bits per heavy atom. The first-order valence-corrected chi connectivity index (χ1v) is 9.01. The molecule has 1 fully saturated rings. The molecule has 4 nitrogen and oxygen atoms in total.